The lowest BCUT2D eigenvalue weighted by Crippen LogP contribution is -2.36. The second-order valence-corrected chi connectivity index (χ2v) is 8.25. The summed E-state index contributed by atoms with van der Waals surface area (Å²) in [6.07, 6.45) is 4.36. The van der Waals surface area contributed by atoms with Gasteiger partial charge in [-0.15, -0.1) is 0 Å². The van der Waals surface area contributed by atoms with E-state index in [4.69, 9.17) is 16.3 Å². The smallest absolute Gasteiger partial charge is 0.251 e. The molecule has 2 aromatic heterocycles. The predicted molar refractivity (Wildman–Crippen MR) is 122 cm³/mol. The zero-order valence-electron chi connectivity index (χ0n) is 17.7. The van der Waals surface area contributed by atoms with Crippen LogP contribution in [0.2, 0.25) is 5.02 Å². The first-order valence-corrected chi connectivity index (χ1v) is 11.0. The molecule has 0 radical (unpaired) electrons. The summed E-state index contributed by atoms with van der Waals surface area (Å²) in [5.74, 6) is -0.196. The normalized spacial score (nSPS) is 19.3. The van der Waals surface area contributed by atoms with Gasteiger partial charge >= 0.3 is 0 Å². The first kappa shape index (κ1) is 23.3. The van der Waals surface area contributed by atoms with Crippen LogP contribution in [0.5, 0.6) is 0 Å². The van der Waals surface area contributed by atoms with Gasteiger partial charge < -0.3 is 24.8 Å². The summed E-state index contributed by atoms with van der Waals surface area (Å²) < 4.78 is 20.7. The topological polar surface area (TPSA) is 110 Å². The highest BCUT2D eigenvalue weighted by atomic mass is 35.5. The van der Waals surface area contributed by atoms with Crippen molar-refractivity contribution < 1.29 is 19.3 Å². The summed E-state index contributed by atoms with van der Waals surface area (Å²) in [5.41, 5.74) is 1.20. The third kappa shape index (κ3) is 5.39. The van der Waals surface area contributed by atoms with Crippen molar-refractivity contribution in [2.75, 3.05) is 25.1 Å². The van der Waals surface area contributed by atoms with Crippen molar-refractivity contribution >= 4 is 17.5 Å². The summed E-state index contributed by atoms with van der Waals surface area (Å²) in [5, 5.41) is 22.4. The third-order valence-corrected chi connectivity index (χ3v) is 5.95. The highest BCUT2D eigenvalue weighted by molar-refractivity contribution is 6.30. The number of nitrogens with one attached hydrogen (secondary N) is 1. The first-order chi connectivity index (χ1) is 16.0. The Labute approximate surface area is 194 Å². The van der Waals surface area contributed by atoms with Crippen LogP contribution in [-0.2, 0) is 4.74 Å². The van der Waals surface area contributed by atoms with Gasteiger partial charge in [0.1, 0.15) is 5.82 Å². The lowest BCUT2D eigenvalue weighted by Gasteiger charge is -2.29. The van der Waals surface area contributed by atoms with E-state index < -0.39 is 11.9 Å². The molecule has 1 saturated heterocycles. The van der Waals surface area contributed by atoms with Crippen LogP contribution in [0.25, 0.3) is 11.3 Å². The number of aromatic nitrogens is 3. The molecule has 0 aliphatic carbocycles. The molecule has 10 heteroatoms. The lowest BCUT2D eigenvalue weighted by molar-refractivity contribution is -0.0213. The highest BCUT2D eigenvalue weighted by Gasteiger charge is 2.22. The highest BCUT2D eigenvalue weighted by Crippen LogP contribution is 2.24. The van der Waals surface area contributed by atoms with Crippen molar-refractivity contribution in [1.82, 2.24) is 14.5 Å². The summed E-state index contributed by atoms with van der Waals surface area (Å²) in [7, 11) is 0. The van der Waals surface area contributed by atoms with E-state index in [0.717, 1.165) is 6.42 Å². The number of rotatable bonds is 7. The van der Waals surface area contributed by atoms with Crippen LogP contribution in [0.15, 0.2) is 53.6 Å². The number of aliphatic hydroxyl groups is 2. The van der Waals surface area contributed by atoms with Gasteiger partial charge in [0, 0.05) is 36.7 Å². The number of anilines is 1. The molecule has 0 amide bonds. The molecule has 3 N–H and O–H groups in total. The van der Waals surface area contributed by atoms with Crippen LogP contribution in [0, 0.1) is 5.82 Å². The van der Waals surface area contributed by atoms with Gasteiger partial charge in [0.15, 0.2) is 0 Å². The Morgan fingerprint density at radius 2 is 2.12 bits per heavy atom. The standard InChI is InChI=1S/C23H24ClFN4O4/c24-18-2-1-15(9-19(18)25)21(13-31)29-7-4-14(10-22(29)32)20-3-6-26-23(28-20)27-16-5-8-33-17(11-16)12-30/h1-4,6-7,9-10,16-17,21,30-31H,5,8,11-13H2,(H,26,27,28)/t16?,17-,21?/m0/s1. The quantitative estimate of drug-likeness (QED) is 0.483. The Bertz CT molecular complexity index is 1180. The monoisotopic (exact) mass is 474 g/mol. The summed E-state index contributed by atoms with van der Waals surface area (Å²) >= 11 is 5.74. The number of benzene rings is 1. The Kier molecular flexibility index (Phi) is 7.34. The summed E-state index contributed by atoms with van der Waals surface area (Å²) in [4.78, 5) is 21.6. The molecule has 4 rings (SSSR count). The molecular weight excluding hydrogens is 451 g/mol. The number of ether oxygens (including phenoxy) is 1. The minimum atomic E-state index is -0.756. The van der Waals surface area contributed by atoms with Gasteiger partial charge in [-0.05, 0) is 42.7 Å². The Morgan fingerprint density at radius 1 is 1.27 bits per heavy atom. The molecule has 0 bridgehead atoms. The van der Waals surface area contributed by atoms with E-state index in [2.05, 4.69) is 15.3 Å². The molecule has 8 nitrogen and oxygen atoms in total. The second kappa shape index (κ2) is 10.4. The Morgan fingerprint density at radius 3 is 2.85 bits per heavy atom. The van der Waals surface area contributed by atoms with Crippen LogP contribution in [0.1, 0.15) is 24.4 Å². The van der Waals surface area contributed by atoms with E-state index in [1.54, 1.807) is 30.6 Å². The second-order valence-electron chi connectivity index (χ2n) is 7.84. The number of pyridine rings is 1. The third-order valence-electron chi connectivity index (χ3n) is 5.64. The van der Waals surface area contributed by atoms with Crippen molar-refractivity contribution in [3.63, 3.8) is 0 Å². The van der Waals surface area contributed by atoms with Crippen molar-refractivity contribution in [2.45, 2.75) is 31.0 Å². The number of hydrogen-bond acceptors (Lipinski definition) is 7. The van der Waals surface area contributed by atoms with Crippen LogP contribution >= 0.6 is 11.6 Å². The van der Waals surface area contributed by atoms with Gasteiger partial charge in [0.2, 0.25) is 5.95 Å². The molecule has 1 aromatic carbocycles. The van der Waals surface area contributed by atoms with E-state index in [1.165, 1.54) is 22.8 Å². The van der Waals surface area contributed by atoms with E-state index in [0.29, 0.717) is 35.8 Å². The van der Waals surface area contributed by atoms with Gasteiger partial charge in [-0.25, -0.2) is 14.4 Å². The molecule has 33 heavy (non-hydrogen) atoms. The van der Waals surface area contributed by atoms with E-state index >= 15 is 0 Å². The molecular formula is C23H24ClFN4O4. The van der Waals surface area contributed by atoms with Crippen LogP contribution in [-0.4, -0.2) is 56.7 Å². The van der Waals surface area contributed by atoms with Gasteiger partial charge in [0.25, 0.3) is 5.56 Å². The minimum absolute atomic E-state index is 0.0288. The van der Waals surface area contributed by atoms with Crippen molar-refractivity contribution in [1.29, 1.82) is 0 Å². The van der Waals surface area contributed by atoms with Crippen LogP contribution < -0.4 is 10.9 Å². The fourth-order valence-corrected chi connectivity index (χ4v) is 4.01. The SMILES string of the molecule is O=c1cc(-c2ccnc(NC3CCO[C@H](CO)C3)n2)ccn1C(CO)c1ccc(Cl)c(F)c1. The molecule has 174 valence electrons. The van der Waals surface area contributed by atoms with Crippen LogP contribution in [0.4, 0.5) is 10.3 Å². The molecule has 3 aromatic rings. The van der Waals surface area contributed by atoms with Gasteiger partial charge in [0.05, 0.1) is 36.1 Å². The molecule has 1 fully saturated rings. The summed E-state index contributed by atoms with van der Waals surface area (Å²) in [6.45, 7) is 0.124. The van der Waals surface area contributed by atoms with Gasteiger partial charge in [-0.1, -0.05) is 17.7 Å². The number of aliphatic hydroxyl groups excluding tert-OH is 2. The maximum absolute atomic E-state index is 13.9. The first-order valence-electron chi connectivity index (χ1n) is 10.6. The average molecular weight is 475 g/mol. The number of nitrogens with zero attached hydrogens (tertiary/aromatic N) is 3. The number of halogens is 2. The van der Waals surface area contributed by atoms with Crippen molar-refractivity contribution in [2.24, 2.45) is 0 Å². The zero-order valence-corrected chi connectivity index (χ0v) is 18.5. The van der Waals surface area contributed by atoms with Gasteiger partial charge in [-0.3, -0.25) is 4.79 Å². The average Bonchev–Trinajstić information content (AvgIpc) is 2.83. The van der Waals surface area contributed by atoms with E-state index in [-0.39, 0.29) is 35.9 Å². The van der Waals surface area contributed by atoms with Crippen molar-refractivity contribution in [3.05, 3.63) is 75.5 Å². The van der Waals surface area contributed by atoms with E-state index in [9.17, 15) is 19.4 Å². The molecule has 1 aliphatic rings. The molecule has 2 unspecified atom stereocenters. The fraction of sp³-hybridized carbons (Fsp3) is 0.348. The summed E-state index contributed by atoms with van der Waals surface area (Å²) in [6, 6.07) is 8.32. The maximum Gasteiger partial charge on any atom is 0.251 e. The predicted octanol–water partition coefficient (Wildman–Crippen LogP) is 2.63. The van der Waals surface area contributed by atoms with Gasteiger partial charge in [-0.2, -0.15) is 0 Å². The molecule has 0 spiro atoms. The Hall–Kier alpha value is -2.85. The van der Waals surface area contributed by atoms with Crippen molar-refractivity contribution in [3.8, 4) is 11.3 Å². The Balaban J connectivity index is 1.56. The van der Waals surface area contributed by atoms with Crippen LogP contribution in [0.3, 0.4) is 0 Å². The number of hydrogen-bond donors (Lipinski definition) is 3. The maximum atomic E-state index is 13.9. The van der Waals surface area contributed by atoms with E-state index in [1.807, 2.05) is 0 Å². The minimum Gasteiger partial charge on any atom is -0.394 e. The molecule has 3 heterocycles. The molecule has 1 aliphatic heterocycles. The fourth-order valence-electron chi connectivity index (χ4n) is 3.89. The molecule has 0 saturated carbocycles. The lowest BCUT2D eigenvalue weighted by atomic mass is 10.0. The zero-order chi connectivity index (χ0) is 23.4. The molecule has 3 atom stereocenters. The largest absolute Gasteiger partial charge is 0.394 e.